The lowest BCUT2D eigenvalue weighted by atomic mass is 10.2. The van der Waals surface area contributed by atoms with Crippen molar-refractivity contribution >= 4 is 11.7 Å². The van der Waals surface area contributed by atoms with Crippen LogP contribution in [0.5, 0.6) is 0 Å². The molecule has 122 valence electrons. The minimum absolute atomic E-state index is 0.0952. The van der Waals surface area contributed by atoms with Crippen molar-refractivity contribution in [3.05, 3.63) is 42.1 Å². The van der Waals surface area contributed by atoms with Crippen LogP contribution >= 0.6 is 0 Å². The summed E-state index contributed by atoms with van der Waals surface area (Å²) in [7, 11) is 1.72. The van der Waals surface area contributed by atoms with Gasteiger partial charge in [-0.3, -0.25) is 4.79 Å². The summed E-state index contributed by atoms with van der Waals surface area (Å²) < 4.78 is 5.51. The predicted molar refractivity (Wildman–Crippen MR) is 86.3 cm³/mol. The number of ether oxygens (including phenoxy) is 1. The van der Waals surface area contributed by atoms with Crippen LogP contribution in [0.15, 0.2) is 30.7 Å². The van der Waals surface area contributed by atoms with Crippen molar-refractivity contribution in [1.29, 1.82) is 0 Å². The number of carbonyl (C=O) groups excluding carboxylic acids is 1. The molecule has 2 aromatic rings. The van der Waals surface area contributed by atoms with Gasteiger partial charge in [0.15, 0.2) is 0 Å². The molecule has 7 heteroatoms. The SMILES string of the molecule is CCNC(=O)c1ccc(N2C[C@H](OC)CC2c2ncc[nH]2)nc1. The van der Waals surface area contributed by atoms with Gasteiger partial charge in [0.1, 0.15) is 11.6 Å². The number of rotatable bonds is 5. The molecule has 3 rings (SSSR count). The van der Waals surface area contributed by atoms with Crippen molar-refractivity contribution in [2.75, 3.05) is 25.1 Å². The zero-order chi connectivity index (χ0) is 16.2. The highest BCUT2D eigenvalue weighted by Gasteiger charge is 2.35. The number of hydrogen-bond donors (Lipinski definition) is 2. The number of nitrogens with zero attached hydrogens (tertiary/aromatic N) is 3. The molecule has 0 spiro atoms. The van der Waals surface area contributed by atoms with Gasteiger partial charge < -0.3 is 19.9 Å². The van der Waals surface area contributed by atoms with E-state index >= 15 is 0 Å². The molecule has 0 bridgehead atoms. The van der Waals surface area contributed by atoms with E-state index in [1.807, 2.05) is 19.2 Å². The molecule has 0 radical (unpaired) electrons. The van der Waals surface area contributed by atoms with Crippen molar-refractivity contribution < 1.29 is 9.53 Å². The number of hydrogen-bond acceptors (Lipinski definition) is 5. The third-order valence-corrected chi connectivity index (χ3v) is 4.07. The number of imidazole rings is 1. The van der Waals surface area contributed by atoms with Crippen LogP contribution in [0.1, 0.15) is 35.6 Å². The van der Waals surface area contributed by atoms with Crippen LogP contribution in [-0.2, 0) is 4.74 Å². The Bertz CT molecular complexity index is 641. The third-order valence-electron chi connectivity index (χ3n) is 4.07. The first kappa shape index (κ1) is 15.5. The van der Waals surface area contributed by atoms with Crippen LogP contribution in [0, 0.1) is 0 Å². The first-order valence-electron chi connectivity index (χ1n) is 7.76. The standard InChI is InChI=1S/C16H21N5O2/c1-3-17-16(22)11-4-5-14(20-9-11)21-10-12(23-2)8-13(21)15-18-6-7-19-15/h4-7,9,12-13H,3,8,10H2,1-2H3,(H,17,22)(H,18,19)/t12-,13?/m1/s1. The highest BCUT2D eigenvalue weighted by atomic mass is 16.5. The van der Waals surface area contributed by atoms with Gasteiger partial charge in [0.25, 0.3) is 5.91 Å². The van der Waals surface area contributed by atoms with E-state index < -0.39 is 0 Å². The van der Waals surface area contributed by atoms with Gasteiger partial charge in [-0.15, -0.1) is 0 Å². The Morgan fingerprint density at radius 2 is 2.35 bits per heavy atom. The van der Waals surface area contributed by atoms with E-state index in [9.17, 15) is 4.79 Å². The van der Waals surface area contributed by atoms with E-state index in [-0.39, 0.29) is 18.1 Å². The van der Waals surface area contributed by atoms with Gasteiger partial charge in [-0.1, -0.05) is 0 Å². The van der Waals surface area contributed by atoms with Gasteiger partial charge >= 0.3 is 0 Å². The Morgan fingerprint density at radius 3 is 2.96 bits per heavy atom. The van der Waals surface area contributed by atoms with E-state index in [2.05, 4.69) is 25.2 Å². The van der Waals surface area contributed by atoms with Gasteiger partial charge in [0.05, 0.1) is 17.7 Å². The van der Waals surface area contributed by atoms with E-state index in [1.54, 1.807) is 25.6 Å². The molecule has 1 unspecified atom stereocenters. The van der Waals surface area contributed by atoms with Crippen molar-refractivity contribution in [2.45, 2.75) is 25.5 Å². The quantitative estimate of drug-likeness (QED) is 0.874. The number of aromatic amines is 1. The molecule has 7 nitrogen and oxygen atoms in total. The van der Waals surface area contributed by atoms with Gasteiger partial charge in [-0.25, -0.2) is 9.97 Å². The number of carbonyl (C=O) groups is 1. The number of nitrogens with one attached hydrogen (secondary N) is 2. The first-order chi connectivity index (χ1) is 11.2. The summed E-state index contributed by atoms with van der Waals surface area (Å²) in [4.78, 5) is 26.0. The van der Waals surface area contributed by atoms with Crippen LogP contribution in [0.4, 0.5) is 5.82 Å². The number of amides is 1. The maximum atomic E-state index is 11.8. The van der Waals surface area contributed by atoms with Gasteiger partial charge in [0, 0.05) is 45.2 Å². The second kappa shape index (κ2) is 6.78. The van der Waals surface area contributed by atoms with E-state index in [1.165, 1.54) is 0 Å². The molecule has 2 N–H and O–H groups in total. The zero-order valence-electron chi connectivity index (χ0n) is 13.3. The molecule has 1 aliphatic heterocycles. The summed E-state index contributed by atoms with van der Waals surface area (Å²) in [5.74, 6) is 1.61. The third kappa shape index (κ3) is 3.19. The van der Waals surface area contributed by atoms with Gasteiger partial charge in [-0.2, -0.15) is 0 Å². The second-order valence-corrected chi connectivity index (χ2v) is 5.50. The second-order valence-electron chi connectivity index (χ2n) is 5.50. The van der Waals surface area contributed by atoms with Crippen LogP contribution in [-0.4, -0.2) is 47.2 Å². The zero-order valence-corrected chi connectivity index (χ0v) is 13.3. The summed E-state index contributed by atoms with van der Waals surface area (Å²) in [6.07, 6.45) is 6.16. The first-order valence-corrected chi connectivity index (χ1v) is 7.76. The largest absolute Gasteiger partial charge is 0.380 e. The molecule has 3 heterocycles. The molecule has 23 heavy (non-hydrogen) atoms. The van der Waals surface area contributed by atoms with Crippen molar-refractivity contribution in [3.8, 4) is 0 Å². The topological polar surface area (TPSA) is 83.1 Å². The van der Waals surface area contributed by atoms with Crippen LogP contribution in [0.2, 0.25) is 0 Å². The molecule has 0 aromatic carbocycles. The molecule has 1 aliphatic rings. The fraction of sp³-hybridized carbons (Fsp3) is 0.438. The normalized spacial score (nSPS) is 20.7. The average molecular weight is 315 g/mol. The maximum absolute atomic E-state index is 11.8. The number of pyridine rings is 1. The lowest BCUT2D eigenvalue weighted by molar-refractivity contribution is 0.0955. The summed E-state index contributed by atoms with van der Waals surface area (Å²) in [6.45, 7) is 3.24. The van der Waals surface area contributed by atoms with Crippen LogP contribution in [0.3, 0.4) is 0 Å². The highest BCUT2D eigenvalue weighted by Crippen LogP contribution is 2.34. The molecule has 2 aromatic heterocycles. The fourth-order valence-corrected chi connectivity index (χ4v) is 2.89. The maximum Gasteiger partial charge on any atom is 0.252 e. The molecule has 2 atom stereocenters. The fourth-order valence-electron chi connectivity index (χ4n) is 2.89. The predicted octanol–water partition coefficient (Wildman–Crippen LogP) is 1.52. The smallest absolute Gasteiger partial charge is 0.252 e. The molecule has 1 fully saturated rings. The van der Waals surface area contributed by atoms with Gasteiger partial charge in [0.2, 0.25) is 0 Å². The average Bonchev–Trinajstić information content (AvgIpc) is 3.24. The Labute approximate surface area is 135 Å². The van der Waals surface area contributed by atoms with E-state index in [0.29, 0.717) is 12.1 Å². The van der Waals surface area contributed by atoms with Crippen molar-refractivity contribution in [3.63, 3.8) is 0 Å². The summed E-state index contributed by atoms with van der Waals surface area (Å²) in [5.41, 5.74) is 0.563. The lowest BCUT2D eigenvalue weighted by Crippen LogP contribution is -2.27. The van der Waals surface area contributed by atoms with Crippen molar-refractivity contribution in [1.82, 2.24) is 20.3 Å². The van der Waals surface area contributed by atoms with Crippen LogP contribution < -0.4 is 10.2 Å². The van der Waals surface area contributed by atoms with Crippen LogP contribution in [0.25, 0.3) is 0 Å². The minimum Gasteiger partial charge on any atom is -0.380 e. The number of H-pyrrole nitrogens is 1. The monoisotopic (exact) mass is 315 g/mol. The lowest BCUT2D eigenvalue weighted by Gasteiger charge is -2.24. The molecular formula is C16H21N5O2. The summed E-state index contributed by atoms with van der Waals surface area (Å²) >= 11 is 0. The Kier molecular flexibility index (Phi) is 4.57. The highest BCUT2D eigenvalue weighted by molar-refractivity contribution is 5.94. The molecular weight excluding hydrogens is 294 g/mol. The van der Waals surface area contributed by atoms with Crippen molar-refractivity contribution in [2.24, 2.45) is 0 Å². The van der Waals surface area contributed by atoms with E-state index in [4.69, 9.17) is 4.74 Å². The number of aromatic nitrogens is 3. The molecule has 0 aliphatic carbocycles. The number of methoxy groups -OCH3 is 1. The Hall–Kier alpha value is -2.41. The summed E-state index contributed by atoms with van der Waals surface area (Å²) in [5, 5.41) is 2.77. The molecule has 0 saturated carbocycles. The molecule has 1 saturated heterocycles. The van der Waals surface area contributed by atoms with E-state index in [0.717, 1.165) is 24.6 Å². The summed E-state index contributed by atoms with van der Waals surface area (Å²) in [6, 6.07) is 3.77. The number of anilines is 1. The Morgan fingerprint density at radius 1 is 1.48 bits per heavy atom. The minimum atomic E-state index is -0.106. The van der Waals surface area contributed by atoms with Gasteiger partial charge in [-0.05, 0) is 19.1 Å². The molecule has 1 amide bonds. The Balaban J connectivity index is 1.82.